The molecule has 7 heteroatoms. The first kappa shape index (κ1) is 20.1. The van der Waals surface area contributed by atoms with E-state index in [0.717, 1.165) is 29.5 Å². The van der Waals surface area contributed by atoms with Crippen molar-refractivity contribution in [3.8, 4) is 0 Å². The zero-order chi connectivity index (χ0) is 16.6. The summed E-state index contributed by atoms with van der Waals surface area (Å²) in [5.74, 6) is 0.167. The lowest BCUT2D eigenvalue weighted by Gasteiger charge is -2.25. The zero-order valence-corrected chi connectivity index (χ0v) is 16.4. The van der Waals surface area contributed by atoms with Crippen molar-refractivity contribution in [2.24, 2.45) is 5.92 Å². The van der Waals surface area contributed by atoms with Crippen molar-refractivity contribution in [1.82, 2.24) is 4.72 Å². The molecule has 22 heavy (non-hydrogen) atoms. The Hall–Kier alpha value is 0.0500. The second-order valence-corrected chi connectivity index (χ2v) is 9.89. The van der Waals surface area contributed by atoms with Gasteiger partial charge in [0.05, 0.1) is 10.4 Å². The lowest BCUT2D eigenvalue weighted by Crippen LogP contribution is -2.42. The molecule has 0 spiro atoms. The van der Waals surface area contributed by atoms with E-state index in [-0.39, 0.29) is 16.7 Å². The second kappa shape index (κ2) is 10.0. The largest absolute Gasteiger partial charge is 0.395 e. The summed E-state index contributed by atoms with van der Waals surface area (Å²) in [7, 11) is -3.56. The second-order valence-electron chi connectivity index (χ2n) is 5.49. The van der Waals surface area contributed by atoms with Crippen LogP contribution in [0.2, 0.25) is 0 Å². The molecular weight excluding hydrogens is 386 g/mol. The standard InChI is InChI=1S/C15H26BrNO3S2/c1-3-5-6-7-8-12(4-2)13(11-18)17-22(19,20)15-10-9-14(16)21-15/h9-10,12-13,17-18H,3-8,11H2,1-2H3/t12-,13+/m1/s1. The maximum absolute atomic E-state index is 12.4. The van der Waals surface area contributed by atoms with Gasteiger partial charge in [-0.3, -0.25) is 0 Å². The molecule has 4 nitrogen and oxygen atoms in total. The van der Waals surface area contributed by atoms with Crippen LogP contribution in [0, 0.1) is 5.92 Å². The molecule has 128 valence electrons. The van der Waals surface area contributed by atoms with E-state index in [1.165, 1.54) is 24.2 Å². The number of hydrogen-bond acceptors (Lipinski definition) is 4. The number of sulfonamides is 1. The van der Waals surface area contributed by atoms with Crippen molar-refractivity contribution in [2.45, 2.75) is 62.6 Å². The normalized spacial score (nSPS) is 14.9. The smallest absolute Gasteiger partial charge is 0.250 e. The molecule has 0 unspecified atom stereocenters. The molecule has 2 N–H and O–H groups in total. The van der Waals surface area contributed by atoms with Crippen LogP contribution in [0.4, 0.5) is 0 Å². The third-order valence-electron chi connectivity index (χ3n) is 3.84. The van der Waals surface area contributed by atoms with Crippen LogP contribution in [0.15, 0.2) is 20.1 Å². The van der Waals surface area contributed by atoms with Gasteiger partial charge >= 0.3 is 0 Å². The van der Waals surface area contributed by atoms with E-state index in [1.54, 1.807) is 12.1 Å². The minimum absolute atomic E-state index is 0.167. The minimum atomic E-state index is -3.56. The van der Waals surface area contributed by atoms with E-state index in [2.05, 4.69) is 27.6 Å². The van der Waals surface area contributed by atoms with Crippen LogP contribution in [0.5, 0.6) is 0 Å². The van der Waals surface area contributed by atoms with Gasteiger partial charge in [0.2, 0.25) is 10.0 Å². The highest BCUT2D eigenvalue weighted by molar-refractivity contribution is 9.11. The highest BCUT2D eigenvalue weighted by Crippen LogP contribution is 2.27. The van der Waals surface area contributed by atoms with Crippen LogP contribution < -0.4 is 4.72 Å². The van der Waals surface area contributed by atoms with E-state index in [9.17, 15) is 13.5 Å². The number of aliphatic hydroxyl groups excluding tert-OH is 1. The molecule has 0 fully saturated rings. The van der Waals surface area contributed by atoms with Crippen molar-refractivity contribution in [3.05, 3.63) is 15.9 Å². The number of thiophene rings is 1. The van der Waals surface area contributed by atoms with Crippen LogP contribution in [-0.2, 0) is 10.0 Å². The Morgan fingerprint density at radius 3 is 2.50 bits per heavy atom. The number of aliphatic hydroxyl groups is 1. The van der Waals surface area contributed by atoms with E-state index in [0.29, 0.717) is 0 Å². The van der Waals surface area contributed by atoms with E-state index in [1.807, 2.05) is 6.92 Å². The Balaban J connectivity index is 2.68. The fraction of sp³-hybridized carbons (Fsp3) is 0.733. The summed E-state index contributed by atoms with van der Waals surface area (Å²) in [5, 5.41) is 9.61. The van der Waals surface area contributed by atoms with Crippen molar-refractivity contribution in [2.75, 3.05) is 6.61 Å². The molecule has 0 saturated carbocycles. The highest BCUT2D eigenvalue weighted by Gasteiger charge is 2.26. The average Bonchev–Trinajstić information content (AvgIpc) is 2.93. The first-order chi connectivity index (χ1) is 10.4. The first-order valence-corrected chi connectivity index (χ1v) is 10.9. The maximum atomic E-state index is 12.4. The SMILES string of the molecule is CCCCCC[C@@H](CC)[C@H](CO)NS(=O)(=O)c1ccc(Br)s1. The Morgan fingerprint density at radius 1 is 1.27 bits per heavy atom. The molecule has 0 aliphatic rings. The monoisotopic (exact) mass is 411 g/mol. The lowest BCUT2D eigenvalue weighted by molar-refractivity contribution is 0.203. The molecule has 1 aromatic rings. The Morgan fingerprint density at radius 2 is 2.00 bits per heavy atom. The van der Waals surface area contributed by atoms with Gasteiger partial charge in [-0.05, 0) is 40.4 Å². The summed E-state index contributed by atoms with van der Waals surface area (Å²) in [6.07, 6.45) is 6.42. The zero-order valence-electron chi connectivity index (χ0n) is 13.2. The summed E-state index contributed by atoms with van der Waals surface area (Å²) in [6, 6.07) is 2.88. The molecule has 0 saturated heterocycles. The van der Waals surface area contributed by atoms with E-state index >= 15 is 0 Å². The molecule has 2 atom stereocenters. The predicted molar refractivity (Wildman–Crippen MR) is 95.8 cm³/mol. The van der Waals surface area contributed by atoms with E-state index < -0.39 is 16.1 Å². The fourth-order valence-corrected chi connectivity index (χ4v) is 5.83. The molecule has 0 amide bonds. The summed E-state index contributed by atoms with van der Waals surface area (Å²) in [5.41, 5.74) is 0. The number of hydrogen-bond donors (Lipinski definition) is 2. The summed E-state index contributed by atoms with van der Waals surface area (Å²) < 4.78 is 28.5. The Kier molecular flexibility index (Phi) is 9.16. The van der Waals surface area contributed by atoms with Crippen molar-refractivity contribution < 1.29 is 13.5 Å². The number of nitrogens with one attached hydrogen (secondary N) is 1. The van der Waals surface area contributed by atoms with Crippen molar-refractivity contribution in [1.29, 1.82) is 0 Å². The van der Waals surface area contributed by atoms with Gasteiger partial charge < -0.3 is 5.11 Å². The van der Waals surface area contributed by atoms with Gasteiger partial charge in [0, 0.05) is 6.04 Å². The molecule has 1 rings (SSSR count). The number of halogens is 1. The lowest BCUT2D eigenvalue weighted by atomic mass is 9.92. The highest BCUT2D eigenvalue weighted by atomic mass is 79.9. The van der Waals surface area contributed by atoms with Gasteiger partial charge in [-0.2, -0.15) is 0 Å². The minimum Gasteiger partial charge on any atom is -0.395 e. The summed E-state index contributed by atoms with van der Waals surface area (Å²) >= 11 is 4.45. The molecule has 0 bridgehead atoms. The summed E-state index contributed by atoms with van der Waals surface area (Å²) in [6.45, 7) is 4.04. The van der Waals surface area contributed by atoms with Crippen molar-refractivity contribution >= 4 is 37.3 Å². The van der Waals surface area contributed by atoms with Gasteiger partial charge in [0.15, 0.2) is 0 Å². The van der Waals surface area contributed by atoms with Crippen LogP contribution in [0.3, 0.4) is 0 Å². The molecule has 1 heterocycles. The van der Waals surface area contributed by atoms with Crippen LogP contribution in [-0.4, -0.2) is 26.2 Å². The predicted octanol–water partition coefficient (Wildman–Crippen LogP) is 4.15. The average molecular weight is 412 g/mol. The van der Waals surface area contributed by atoms with Gasteiger partial charge in [0.1, 0.15) is 4.21 Å². The van der Waals surface area contributed by atoms with Crippen molar-refractivity contribution in [3.63, 3.8) is 0 Å². The molecule has 1 aromatic heterocycles. The van der Waals surface area contributed by atoms with Gasteiger partial charge in [-0.25, -0.2) is 13.1 Å². The van der Waals surface area contributed by atoms with Gasteiger partial charge in [-0.15, -0.1) is 11.3 Å². The molecular formula is C15H26BrNO3S2. The molecule has 0 aromatic carbocycles. The Bertz CT molecular complexity index is 531. The molecule has 0 aliphatic carbocycles. The van der Waals surface area contributed by atoms with Gasteiger partial charge in [-0.1, -0.05) is 46.0 Å². The molecule has 0 radical (unpaired) electrons. The van der Waals surface area contributed by atoms with Crippen LogP contribution >= 0.6 is 27.3 Å². The third-order valence-corrected chi connectivity index (χ3v) is 7.44. The molecule has 0 aliphatic heterocycles. The topological polar surface area (TPSA) is 66.4 Å². The van der Waals surface area contributed by atoms with Gasteiger partial charge in [0.25, 0.3) is 0 Å². The third kappa shape index (κ3) is 6.28. The van der Waals surface area contributed by atoms with Crippen LogP contribution in [0.25, 0.3) is 0 Å². The Labute approximate surface area is 146 Å². The maximum Gasteiger partial charge on any atom is 0.250 e. The van der Waals surface area contributed by atoms with Crippen LogP contribution in [0.1, 0.15) is 52.4 Å². The van der Waals surface area contributed by atoms with E-state index in [4.69, 9.17) is 0 Å². The number of rotatable bonds is 11. The number of unbranched alkanes of at least 4 members (excludes halogenated alkanes) is 3. The quantitative estimate of drug-likeness (QED) is 0.537. The fourth-order valence-electron chi connectivity index (χ4n) is 2.51. The summed E-state index contributed by atoms with van der Waals surface area (Å²) in [4.78, 5) is 0. The first-order valence-electron chi connectivity index (χ1n) is 7.83.